The molecule has 280 valence electrons. The lowest BCUT2D eigenvalue weighted by atomic mass is 9.80. The molecule has 0 fully saturated rings. The summed E-state index contributed by atoms with van der Waals surface area (Å²) in [5.74, 6) is 0. The first-order valence-corrected chi connectivity index (χ1v) is 22.0. The van der Waals surface area contributed by atoms with Gasteiger partial charge in [-0.15, -0.1) is 0 Å². The predicted octanol–water partition coefficient (Wildman–Crippen LogP) is 11.2. The number of hydrogen-bond donors (Lipinski definition) is 2. The number of benzene rings is 2. The van der Waals surface area contributed by atoms with Crippen LogP contribution in [0.15, 0.2) is 33.2 Å². The van der Waals surface area contributed by atoms with E-state index in [2.05, 4.69) is 93.7 Å². The number of carbonyl (C=O) groups is 2. The van der Waals surface area contributed by atoms with Crippen molar-refractivity contribution >= 4 is 112 Å². The normalized spacial score (nSPS) is 20.1. The summed E-state index contributed by atoms with van der Waals surface area (Å²) in [6.45, 7) is 12.7. The number of hydrogen-bond acceptors (Lipinski definition) is 6. The highest BCUT2D eigenvalue weighted by Gasteiger charge is 2.40. The maximum Gasteiger partial charge on any atom is 0.407 e. The SMILES string of the molecule is CC(C)(C)OC(=O)NCCOC1(CI)CCCc2cc(Br)cc(Cl)c21.CC(C)(C)OC(=O)NCCOC1(CI)CCCc2cc(Cl)cc(Br)c21. The van der Waals surface area contributed by atoms with Gasteiger partial charge in [-0.05, 0) is 115 Å². The smallest absolute Gasteiger partial charge is 0.407 e. The minimum Gasteiger partial charge on any atom is -0.444 e. The van der Waals surface area contributed by atoms with Crippen molar-refractivity contribution in [3.63, 3.8) is 0 Å². The second kappa shape index (κ2) is 19.5. The van der Waals surface area contributed by atoms with E-state index in [1.807, 2.05) is 59.7 Å². The molecule has 2 unspecified atom stereocenters. The van der Waals surface area contributed by atoms with Crippen LogP contribution in [-0.2, 0) is 43.0 Å². The van der Waals surface area contributed by atoms with Crippen LogP contribution in [0.5, 0.6) is 0 Å². The zero-order chi connectivity index (χ0) is 37.3. The lowest BCUT2D eigenvalue weighted by Crippen LogP contribution is -2.39. The zero-order valence-electron chi connectivity index (χ0n) is 29.5. The average molecular weight is 1090 g/mol. The summed E-state index contributed by atoms with van der Waals surface area (Å²) in [6, 6.07) is 8.01. The molecular weight excluding hydrogens is 1040 g/mol. The van der Waals surface area contributed by atoms with Gasteiger partial charge in [-0.2, -0.15) is 0 Å². The number of alkyl halides is 2. The molecule has 0 saturated carbocycles. The Morgan fingerprint density at radius 3 is 1.68 bits per heavy atom. The summed E-state index contributed by atoms with van der Waals surface area (Å²) < 4.78 is 26.7. The van der Waals surface area contributed by atoms with Crippen LogP contribution in [0.3, 0.4) is 0 Å². The Balaban J connectivity index is 0.000000270. The summed E-state index contributed by atoms with van der Waals surface area (Å²) in [5, 5.41) is 6.96. The molecule has 2 atom stereocenters. The van der Waals surface area contributed by atoms with Crippen LogP contribution in [0.25, 0.3) is 0 Å². The van der Waals surface area contributed by atoms with E-state index in [4.69, 9.17) is 42.1 Å². The van der Waals surface area contributed by atoms with Crippen LogP contribution >= 0.6 is 100 Å². The third-order valence-electron chi connectivity index (χ3n) is 7.97. The van der Waals surface area contributed by atoms with Crippen molar-refractivity contribution in [3.05, 3.63) is 65.5 Å². The van der Waals surface area contributed by atoms with E-state index in [1.54, 1.807) is 0 Å². The van der Waals surface area contributed by atoms with Crippen LogP contribution in [0, 0.1) is 0 Å². The Kier molecular flexibility index (Phi) is 17.3. The van der Waals surface area contributed by atoms with Crippen molar-refractivity contribution in [2.45, 2.75) is 102 Å². The summed E-state index contributed by atoms with van der Waals surface area (Å²) in [6.07, 6.45) is 5.16. The van der Waals surface area contributed by atoms with E-state index in [1.165, 1.54) is 16.7 Å². The van der Waals surface area contributed by atoms with Crippen molar-refractivity contribution in [2.24, 2.45) is 0 Å². The standard InChI is InChI=1S/2C18H24BrClINO3/c1-17(2,3)25-16(23)22-7-8-24-18(11-21)6-4-5-12-9-13(20)10-14(19)15(12)18;1-17(2,3)25-16(23)22-7-8-24-18(11-21)6-4-5-12-9-13(19)10-14(20)15(12)18/h2*9-10H,4-8,11H2,1-3H3,(H,22,23). The molecular formula is C36H48Br2Cl2I2N2O6. The Morgan fingerprint density at radius 1 is 0.760 bits per heavy atom. The fraction of sp³-hybridized carbons (Fsp3) is 0.611. The Labute approximate surface area is 351 Å². The number of nitrogens with one attached hydrogen (secondary N) is 2. The fourth-order valence-electron chi connectivity index (χ4n) is 6.11. The Hall–Kier alpha value is -0.100. The van der Waals surface area contributed by atoms with Crippen molar-refractivity contribution in [1.82, 2.24) is 10.6 Å². The summed E-state index contributed by atoms with van der Waals surface area (Å²) >= 11 is 24.6. The number of alkyl carbamates (subject to hydrolysis) is 2. The van der Waals surface area contributed by atoms with Gasteiger partial charge >= 0.3 is 12.2 Å². The van der Waals surface area contributed by atoms with Crippen molar-refractivity contribution < 1.29 is 28.5 Å². The lowest BCUT2D eigenvalue weighted by molar-refractivity contribution is -0.0416. The van der Waals surface area contributed by atoms with Gasteiger partial charge in [0.05, 0.1) is 13.2 Å². The first-order chi connectivity index (χ1) is 23.3. The largest absolute Gasteiger partial charge is 0.444 e. The third kappa shape index (κ3) is 13.0. The van der Waals surface area contributed by atoms with Gasteiger partial charge < -0.3 is 29.6 Å². The van der Waals surface area contributed by atoms with Gasteiger partial charge in [-0.25, -0.2) is 9.59 Å². The summed E-state index contributed by atoms with van der Waals surface area (Å²) in [5.41, 5.74) is 3.00. The molecule has 2 aromatic carbocycles. The van der Waals surface area contributed by atoms with E-state index in [-0.39, 0.29) is 5.60 Å². The highest BCUT2D eigenvalue weighted by Crippen LogP contribution is 2.46. The van der Waals surface area contributed by atoms with Gasteiger partial charge in [0, 0.05) is 52.1 Å². The molecule has 8 nitrogen and oxygen atoms in total. The van der Waals surface area contributed by atoms with Crippen LogP contribution < -0.4 is 10.6 Å². The Morgan fingerprint density at radius 2 is 1.22 bits per heavy atom. The maximum absolute atomic E-state index is 11.7. The van der Waals surface area contributed by atoms with E-state index in [0.717, 1.165) is 71.9 Å². The molecule has 0 radical (unpaired) electrons. The van der Waals surface area contributed by atoms with Gasteiger partial charge in [0.2, 0.25) is 0 Å². The van der Waals surface area contributed by atoms with E-state index < -0.39 is 29.0 Å². The molecule has 2 aliphatic rings. The van der Waals surface area contributed by atoms with Gasteiger partial charge in [-0.1, -0.05) is 100 Å². The molecule has 2 aromatic rings. The molecule has 0 heterocycles. The van der Waals surface area contributed by atoms with E-state index in [0.29, 0.717) is 26.3 Å². The molecule has 0 saturated heterocycles. The first kappa shape index (κ1) is 44.3. The monoisotopic (exact) mass is 1090 g/mol. The number of rotatable bonds is 10. The average Bonchev–Trinajstić information content (AvgIpc) is 2.99. The first-order valence-electron chi connectivity index (χ1n) is 16.6. The van der Waals surface area contributed by atoms with Crippen LogP contribution in [0.1, 0.15) is 89.5 Å². The lowest BCUT2D eigenvalue weighted by Gasteiger charge is -2.39. The molecule has 2 aliphatic carbocycles. The number of aryl methyl sites for hydroxylation is 2. The molecule has 50 heavy (non-hydrogen) atoms. The molecule has 0 aliphatic heterocycles. The van der Waals surface area contributed by atoms with Crippen molar-refractivity contribution in [1.29, 1.82) is 0 Å². The molecule has 2 amide bonds. The molecule has 0 bridgehead atoms. The van der Waals surface area contributed by atoms with Crippen molar-refractivity contribution in [3.8, 4) is 0 Å². The van der Waals surface area contributed by atoms with E-state index in [9.17, 15) is 9.59 Å². The van der Waals surface area contributed by atoms with Gasteiger partial charge in [-0.3, -0.25) is 0 Å². The van der Waals surface area contributed by atoms with E-state index >= 15 is 0 Å². The number of ether oxygens (including phenoxy) is 4. The molecule has 4 rings (SSSR count). The van der Waals surface area contributed by atoms with Gasteiger partial charge in [0.25, 0.3) is 0 Å². The molecule has 0 spiro atoms. The number of carbonyl (C=O) groups excluding carboxylic acids is 2. The topological polar surface area (TPSA) is 95.1 Å². The molecule has 2 N–H and O–H groups in total. The zero-order valence-corrected chi connectivity index (χ0v) is 38.5. The molecule has 14 heteroatoms. The second-order valence-corrected chi connectivity index (χ2v) is 18.5. The number of fused-ring (bicyclic) bond motifs is 2. The highest BCUT2D eigenvalue weighted by atomic mass is 127. The quantitative estimate of drug-likeness (QED) is 0.140. The van der Waals surface area contributed by atoms with Crippen LogP contribution in [0.4, 0.5) is 9.59 Å². The van der Waals surface area contributed by atoms with Crippen LogP contribution in [0.2, 0.25) is 10.0 Å². The minimum absolute atomic E-state index is 0.354. The highest BCUT2D eigenvalue weighted by molar-refractivity contribution is 14.1. The summed E-state index contributed by atoms with van der Waals surface area (Å²) in [7, 11) is 0. The summed E-state index contributed by atoms with van der Waals surface area (Å²) in [4.78, 5) is 23.5. The van der Waals surface area contributed by atoms with Crippen LogP contribution in [-0.4, -0.2) is 58.5 Å². The number of amides is 2. The maximum atomic E-state index is 11.7. The third-order valence-corrected chi connectivity index (χ3v) is 12.0. The van der Waals surface area contributed by atoms with Gasteiger partial charge in [0.1, 0.15) is 22.4 Å². The van der Waals surface area contributed by atoms with Gasteiger partial charge in [0.15, 0.2) is 0 Å². The molecule has 0 aromatic heterocycles. The Bertz CT molecular complexity index is 1380. The van der Waals surface area contributed by atoms with Crippen molar-refractivity contribution in [2.75, 3.05) is 35.2 Å². The minimum atomic E-state index is -0.502. The predicted molar refractivity (Wildman–Crippen MR) is 226 cm³/mol. The second-order valence-electron chi connectivity index (χ2n) is 14.4. The number of halogens is 6. The fourth-order valence-corrected chi connectivity index (χ4v) is 10.4.